The van der Waals surface area contributed by atoms with Gasteiger partial charge in [-0.3, -0.25) is 4.79 Å². The van der Waals surface area contributed by atoms with E-state index in [9.17, 15) is 9.90 Å². The highest BCUT2D eigenvalue weighted by atomic mass is 16.3. The molecule has 0 aromatic rings. The number of rotatable bonds is 10. The Bertz CT molecular complexity index is 374. The van der Waals surface area contributed by atoms with Crippen LogP contribution in [-0.4, -0.2) is 28.2 Å². The van der Waals surface area contributed by atoms with Gasteiger partial charge >= 0.3 is 0 Å². The summed E-state index contributed by atoms with van der Waals surface area (Å²) >= 11 is 0. The van der Waals surface area contributed by atoms with E-state index in [1.807, 2.05) is 49.5 Å². The molecule has 112 valence electrons. The van der Waals surface area contributed by atoms with Crippen molar-refractivity contribution in [1.29, 1.82) is 0 Å². The van der Waals surface area contributed by atoms with Crippen molar-refractivity contribution in [3.63, 3.8) is 0 Å². The number of aliphatic hydroxyl groups is 2. The first kappa shape index (κ1) is 18.6. The van der Waals surface area contributed by atoms with E-state index in [1.165, 1.54) is 6.92 Å². The van der Waals surface area contributed by atoms with E-state index in [1.54, 1.807) is 6.08 Å². The third kappa shape index (κ3) is 11.6. The lowest BCUT2D eigenvalue weighted by molar-refractivity contribution is -0.116. The van der Waals surface area contributed by atoms with Gasteiger partial charge in [-0.2, -0.15) is 0 Å². The smallest absolute Gasteiger partial charge is 0.155 e. The Balaban J connectivity index is 3.77. The van der Waals surface area contributed by atoms with Crippen molar-refractivity contribution in [1.82, 2.24) is 0 Å². The monoisotopic (exact) mass is 278 g/mol. The molecule has 0 rings (SSSR count). The molecule has 3 heteroatoms. The fourth-order valence-electron chi connectivity index (χ4n) is 1.38. The lowest BCUT2D eigenvalue weighted by Gasteiger charge is -2.18. The van der Waals surface area contributed by atoms with Crippen LogP contribution in [0.3, 0.4) is 0 Å². The number of aliphatic hydroxyl groups excluding tert-OH is 1. The summed E-state index contributed by atoms with van der Waals surface area (Å²) < 4.78 is 0. The first-order valence-electron chi connectivity index (χ1n) is 6.99. The Hall–Kier alpha value is -1.45. The summed E-state index contributed by atoms with van der Waals surface area (Å²) in [5.41, 5.74) is -1.16. The van der Waals surface area contributed by atoms with Crippen molar-refractivity contribution < 1.29 is 15.0 Å². The highest BCUT2D eigenvalue weighted by Gasteiger charge is 2.19. The van der Waals surface area contributed by atoms with Crippen LogP contribution < -0.4 is 0 Å². The summed E-state index contributed by atoms with van der Waals surface area (Å²) in [6.45, 7) is 3.17. The molecule has 0 aromatic heterocycles. The van der Waals surface area contributed by atoms with Gasteiger partial charge in [-0.15, -0.1) is 0 Å². The maximum Gasteiger partial charge on any atom is 0.155 e. The van der Waals surface area contributed by atoms with Gasteiger partial charge in [0.1, 0.15) is 0 Å². The summed E-state index contributed by atoms with van der Waals surface area (Å²) in [5, 5.41) is 18.4. The van der Waals surface area contributed by atoms with Crippen molar-refractivity contribution in [3.8, 4) is 0 Å². The lowest BCUT2D eigenvalue weighted by atomic mass is 9.99. The van der Waals surface area contributed by atoms with Crippen molar-refractivity contribution in [2.24, 2.45) is 0 Å². The van der Waals surface area contributed by atoms with E-state index < -0.39 is 5.60 Å². The molecule has 0 aromatic carbocycles. The Kier molecular flexibility index (Phi) is 10.6. The van der Waals surface area contributed by atoms with E-state index in [0.717, 1.165) is 12.8 Å². The normalized spacial score (nSPS) is 15.8. The second kappa shape index (κ2) is 11.4. The summed E-state index contributed by atoms with van der Waals surface area (Å²) in [5.74, 6) is -0.0179. The first-order valence-corrected chi connectivity index (χ1v) is 6.99. The van der Waals surface area contributed by atoms with Crippen molar-refractivity contribution in [2.45, 2.75) is 45.1 Å². The van der Waals surface area contributed by atoms with E-state index in [2.05, 4.69) is 0 Å². The zero-order valence-corrected chi connectivity index (χ0v) is 12.5. The summed E-state index contributed by atoms with van der Waals surface area (Å²) in [6.07, 6.45) is 17.5. The third-order valence-corrected chi connectivity index (χ3v) is 2.72. The quantitative estimate of drug-likeness (QED) is 0.367. The molecule has 1 unspecified atom stereocenters. The SMILES string of the molecule is C/C=C/C=C/C=C\CC/C=C/C(=O)CCC(C)(O)CO. The van der Waals surface area contributed by atoms with Gasteiger partial charge < -0.3 is 10.2 Å². The Morgan fingerprint density at radius 1 is 1.10 bits per heavy atom. The average Bonchev–Trinajstić information content (AvgIpc) is 2.43. The number of hydrogen-bond acceptors (Lipinski definition) is 3. The van der Waals surface area contributed by atoms with E-state index >= 15 is 0 Å². The number of hydrogen-bond donors (Lipinski definition) is 2. The van der Waals surface area contributed by atoms with Crippen LogP contribution in [0, 0.1) is 0 Å². The van der Waals surface area contributed by atoms with Gasteiger partial charge in [0.05, 0.1) is 12.2 Å². The summed E-state index contributed by atoms with van der Waals surface area (Å²) in [7, 11) is 0. The van der Waals surface area contributed by atoms with Gasteiger partial charge in [0.15, 0.2) is 5.78 Å². The van der Waals surface area contributed by atoms with Gasteiger partial charge in [0, 0.05) is 6.42 Å². The van der Waals surface area contributed by atoms with Crippen LogP contribution in [0.25, 0.3) is 0 Å². The summed E-state index contributed by atoms with van der Waals surface area (Å²) in [4.78, 5) is 11.5. The minimum absolute atomic E-state index is 0.0179. The Morgan fingerprint density at radius 3 is 2.40 bits per heavy atom. The molecule has 0 aliphatic rings. The molecule has 0 saturated carbocycles. The van der Waals surface area contributed by atoms with Gasteiger partial charge in [0.25, 0.3) is 0 Å². The zero-order chi connectivity index (χ0) is 15.3. The van der Waals surface area contributed by atoms with Crippen molar-refractivity contribution in [2.75, 3.05) is 6.61 Å². The van der Waals surface area contributed by atoms with Crippen LogP contribution in [-0.2, 0) is 4.79 Å². The standard InChI is InChI=1S/C17H26O3/c1-3-4-5-6-7-8-9-10-11-12-16(19)13-14-17(2,20)15-18/h3-8,11-12,18,20H,9-10,13-15H2,1-2H3/b4-3+,6-5+,8-7-,12-11+. The Morgan fingerprint density at radius 2 is 1.75 bits per heavy atom. The van der Waals surface area contributed by atoms with E-state index in [-0.39, 0.29) is 25.2 Å². The summed E-state index contributed by atoms with van der Waals surface area (Å²) in [6, 6.07) is 0. The number of carbonyl (C=O) groups is 1. The van der Waals surface area contributed by atoms with Crippen LogP contribution in [0.4, 0.5) is 0 Å². The molecule has 20 heavy (non-hydrogen) atoms. The predicted octanol–water partition coefficient (Wildman–Crippen LogP) is 3.10. The van der Waals surface area contributed by atoms with Crippen LogP contribution in [0.5, 0.6) is 0 Å². The molecular weight excluding hydrogens is 252 g/mol. The molecule has 1 atom stereocenters. The maximum absolute atomic E-state index is 11.5. The minimum atomic E-state index is -1.16. The fraction of sp³-hybridized carbons (Fsp3) is 0.471. The zero-order valence-electron chi connectivity index (χ0n) is 12.5. The molecule has 2 N–H and O–H groups in total. The lowest BCUT2D eigenvalue weighted by Crippen LogP contribution is -2.29. The van der Waals surface area contributed by atoms with Gasteiger partial charge in [-0.1, -0.05) is 42.5 Å². The third-order valence-electron chi connectivity index (χ3n) is 2.72. The second-order valence-electron chi connectivity index (χ2n) is 4.94. The molecule has 0 spiro atoms. The molecule has 0 fully saturated rings. The van der Waals surface area contributed by atoms with E-state index in [4.69, 9.17) is 5.11 Å². The maximum atomic E-state index is 11.5. The topological polar surface area (TPSA) is 57.5 Å². The molecule has 0 aliphatic carbocycles. The van der Waals surface area contributed by atoms with Gasteiger partial charge in [-0.05, 0) is 39.2 Å². The molecular formula is C17H26O3. The molecule has 0 bridgehead atoms. The highest BCUT2D eigenvalue weighted by Crippen LogP contribution is 2.11. The number of carbonyl (C=O) groups excluding carboxylic acids is 1. The van der Waals surface area contributed by atoms with Crippen LogP contribution in [0.15, 0.2) is 48.6 Å². The largest absolute Gasteiger partial charge is 0.393 e. The predicted molar refractivity (Wildman–Crippen MR) is 83.4 cm³/mol. The number of unbranched alkanes of at least 4 members (excludes halogenated alkanes) is 1. The first-order chi connectivity index (χ1) is 9.52. The second-order valence-corrected chi connectivity index (χ2v) is 4.94. The Labute approximate surface area is 122 Å². The van der Waals surface area contributed by atoms with Crippen molar-refractivity contribution >= 4 is 5.78 Å². The average molecular weight is 278 g/mol. The van der Waals surface area contributed by atoms with Crippen LogP contribution >= 0.6 is 0 Å². The molecule has 0 aliphatic heterocycles. The molecule has 0 saturated heterocycles. The minimum Gasteiger partial charge on any atom is -0.393 e. The fourth-order valence-corrected chi connectivity index (χ4v) is 1.38. The van der Waals surface area contributed by atoms with Crippen molar-refractivity contribution in [3.05, 3.63) is 48.6 Å². The van der Waals surface area contributed by atoms with Gasteiger partial charge in [-0.25, -0.2) is 0 Å². The van der Waals surface area contributed by atoms with Crippen LogP contribution in [0.2, 0.25) is 0 Å². The molecule has 0 heterocycles. The molecule has 3 nitrogen and oxygen atoms in total. The number of allylic oxidation sites excluding steroid dienone is 8. The number of ketones is 1. The van der Waals surface area contributed by atoms with Crippen LogP contribution in [0.1, 0.15) is 39.5 Å². The van der Waals surface area contributed by atoms with E-state index in [0.29, 0.717) is 0 Å². The molecule has 0 amide bonds. The van der Waals surface area contributed by atoms with Gasteiger partial charge in [0.2, 0.25) is 0 Å². The molecule has 0 radical (unpaired) electrons. The highest BCUT2D eigenvalue weighted by molar-refractivity contribution is 5.89.